The van der Waals surface area contributed by atoms with E-state index in [0.717, 1.165) is 11.1 Å². The van der Waals surface area contributed by atoms with Gasteiger partial charge in [0.25, 0.3) is 5.91 Å². The molecular weight excluding hydrogens is 785 g/mol. The highest BCUT2D eigenvalue weighted by Crippen LogP contribution is 2.39. The molecule has 0 bridgehead atoms. The number of hydrogen-bond acceptors (Lipinski definition) is 8. The summed E-state index contributed by atoms with van der Waals surface area (Å²) < 4.78 is 39.2. The Balaban J connectivity index is 1.70. The van der Waals surface area contributed by atoms with Crippen LogP contribution in [0, 0.1) is 11.8 Å². The van der Waals surface area contributed by atoms with Crippen LogP contribution < -0.4 is 20.3 Å². The molecule has 12 nitrogen and oxygen atoms in total. The van der Waals surface area contributed by atoms with E-state index < -0.39 is 48.4 Å². The molecule has 3 amide bonds. The molecule has 3 rings (SSSR count). The van der Waals surface area contributed by atoms with Crippen LogP contribution in [0.25, 0.3) is 0 Å². The van der Waals surface area contributed by atoms with Crippen LogP contribution in [0.2, 0.25) is 18.1 Å². The summed E-state index contributed by atoms with van der Waals surface area (Å²) >= 11 is 0. The average molecular weight is 851 g/mol. The van der Waals surface area contributed by atoms with Crippen LogP contribution in [0.1, 0.15) is 106 Å². The van der Waals surface area contributed by atoms with Gasteiger partial charge in [-0.15, -0.1) is 0 Å². The molecule has 0 aliphatic carbocycles. The maximum absolute atomic E-state index is 13.9. The largest absolute Gasteiger partial charge is 0.457 e. The van der Waals surface area contributed by atoms with Gasteiger partial charge in [0.1, 0.15) is 12.6 Å². The number of rotatable bonds is 21. The van der Waals surface area contributed by atoms with E-state index in [4.69, 9.17) is 9.16 Å². The molecule has 0 fully saturated rings. The van der Waals surface area contributed by atoms with Gasteiger partial charge in [-0.25, -0.2) is 13.2 Å². The monoisotopic (exact) mass is 850 g/mol. The van der Waals surface area contributed by atoms with Gasteiger partial charge >= 0.3 is 5.97 Å². The summed E-state index contributed by atoms with van der Waals surface area (Å²) in [6, 6.07) is 21.4. The lowest BCUT2D eigenvalue weighted by atomic mass is 9.92. The second-order valence-electron chi connectivity index (χ2n) is 17.3. The Morgan fingerprint density at radius 2 is 1.44 bits per heavy atom. The quantitative estimate of drug-likeness (QED) is 0.0730. The van der Waals surface area contributed by atoms with E-state index in [9.17, 15) is 27.6 Å². The summed E-state index contributed by atoms with van der Waals surface area (Å²) in [7, 11) is -4.50. The minimum absolute atomic E-state index is 0.0104. The highest BCUT2D eigenvalue weighted by molar-refractivity contribution is 7.92. The van der Waals surface area contributed by atoms with E-state index in [1.807, 2.05) is 30.3 Å². The Bertz CT molecular complexity index is 1970. The van der Waals surface area contributed by atoms with Crippen molar-refractivity contribution in [2.45, 2.75) is 124 Å². The summed E-state index contributed by atoms with van der Waals surface area (Å²) in [6.07, 6.45) is 0.775. The first-order chi connectivity index (χ1) is 27.5. The van der Waals surface area contributed by atoms with Crippen LogP contribution in [0.3, 0.4) is 0 Å². The molecule has 0 saturated heterocycles. The summed E-state index contributed by atoms with van der Waals surface area (Å²) in [6.45, 7) is 20.4. The fourth-order valence-corrected chi connectivity index (χ4v) is 8.69. The number of anilines is 1. The van der Waals surface area contributed by atoms with Gasteiger partial charge in [0.2, 0.25) is 21.8 Å². The van der Waals surface area contributed by atoms with Crippen molar-refractivity contribution >= 4 is 47.7 Å². The highest BCUT2D eigenvalue weighted by atomic mass is 32.2. The molecule has 0 spiro atoms. The fourth-order valence-electron chi connectivity index (χ4n) is 6.10. The number of nitrogens with one attached hydrogen (secondary N) is 3. The molecule has 0 aromatic heterocycles. The predicted octanol–water partition coefficient (Wildman–Crippen LogP) is 7.60. The molecular formula is C45H66N4O8SSi. The lowest BCUT2D eigenvalue weighted by Crippen LogP contribution is -2.53. The summed E-state index contributed by atoms with van der Waals surface area (Å²) in [5.41, 5.74) is 2.76. The number of ether oxygens (including phenoxy) is 1. The number of carbonyl (C=O) groups excluding carboxylic acids is 4. The van der Waals surface area contributed by atoms with E-state index >= 15 is 0 Å². The first-order valence-electron chi connectivity index (χ1n) is 20.5. The number of amides is 3. The molecule has 0 aliphatic rings. The molecule has 3 aromatic carbocycles. The third-order valence-electron chi connectivity index (χ3n) is 10.7. The Kier molecular flexibility index (Phi) is 17.9. The Morgan fingerprint density at radius 3 is 2.03 bits per heavy atom. The van der Waals surface area contributed by atoms with Crippen molar-refractivity contribution in [2.24, 2.45) is 11.8 Å². The van der Waals surface area contributed by atoms with E-state index in [2.05, 4.69) is 63.7 Å². The third kappa shape index (κ3) is 14.9. The Hall–Kier alpha value is -4.53. The zero-order valence-corrected chi connectivity index (χ0v) is 38.6. The van der Waals surface area contributed by atoms with Crippen molar-refractivity contribution in [1.29, 1.82) is 0 Å². The van der Waals surface area contributed by atoms with Gasteiger partial charge in [0.15, 0.2) is 8.32 Å². The van der Waals surface area contributed by atoms with Gasteiger partial charge in [-0.3, -0.25) is 18.7 Å². The van der Waals surface area contributed by atoms with E-state index in [-0.39, 0.29) is 54.0 Å². The van der Waals surface area contributed by atoms with Crippen molar-refractivity contribution in [3.05, 3.63) is 101 Å². The molecule has 3 N–H and O–H groups in total. The van der Waals surface area contributed by atoms with E-state index in [0.29, 0.717) is 29.7 Å². The number of esters is 1. The van der Waals surface area contributed by atoms with Crippen molar-refractivity contribution in [3.8, 4) is 0 Å². The molecule has 14 heteroatoms. The maximum atomic E-state index is 13.9. The van der Waals surface area contributed by atoms with Gasteiger partial charge in [0, 0.05) is 25.1 Å². The zero-order chi connectivity index (χ0) is 44.1. The van der Waals surface area contributed by atoms with E-state index in [1.165, 1.54) is 11.4 Å². The molecule has 0 unspecified atom stereocenters. The van der Waals surface area contributed by atoms with Crippen molar-refractivity contribution in [3.63, 3.8) is 0 Å². The second-order valence-corrected chi connectivity index (χ2v) is 24.2. The molecule has 0 aliphatic heterocycles. The second kappa shape index (κ2) is 21.6. The molecule has 0 saturated carbocycles. The number of carbonyl (C=O) groups is 4. The first-order valence-corrected chi connectivity index (χ1v) is 25.0. The molecule has 0 radical (unpaired) electrons. The summed E-state index contributed by atoms with van der Waals surface area (Å²) in [5.74, 6) is -1.94. The average Bonchev–Trinajstić information content (AvgIpc) is 3.17. The normalized spacial score (nSPS) is 14.1. The zero-order valence-electron chi connectivity index (χ0n) is 36.8. The van der Waals surface area contributed by atoms with Gasteiger partial charge in [-0.2, -0.15) is 0 Å². The Morgan fingerprint density at radius 1 is 0.797 bits per heavy atom. The van der Waals surface area contributed by atoms with Crippen LogP contribution in [0.4, 0.5) is 5.69 Å². The smallest absolute Gasteiger partial charge is 0.338 e. The number of sulfonamides is 1. The van der Waals surface area contributed by atoms with Crippen molar-refractivity contribution in [1.82, 2.24) is 16.0 Å². The van der Waals surface area contributed by atoms with Crippen LogP contribution in [-0.2, 0) is 41.9 Å². The number of hydrogen-bond donors (Lipinski definition) is 3. The van der Waals surface area contributed by atoms with Crippen molar-refractivity contribution in [2.75, 3.05) is 17.1 Å². The van der Waals surface area contributed by atoms with Gasteiger partial charge < -0.3 is 25.1 Å². The van der Waals surface area contributed by atoms with Crippen LogP contribution in [0.15, 0.2) is 78.9 Å². The molecule has 59 heavy (non-hydrogen) atoms. The van der Waals surface area contributed by atoms with Crippen LogP contribution in [0.5, 0.6) is 0 Å². The maximum Gasteiger partial charge on any atom is 0.338 e. The Labute approximate surface area is 353 Å². The topological polar surface area (TPSA) is 160 Å². The van der Waals surface area contributed by atoms with Gasteiger partial charge in [-0.1, -0.05) is 97.0 Å². The van der Waals surface area contributed by atoms with Crippen LogP contribution in [-0.4, -0.2) is 71.4 Å². The minimum Gasteiger partial charge on any atom is -0.457 e. The van der Waals surface area contributed by atoms with Crippen LogP contribution >= 0.6 is 0 Å². The number of benzene rings is 3. The lowest BCUT2D eigenvalue weighted by molar-refractivity contribution is -0.131. The predicted molar refractivity (Wildman–Crippen MR) is 237 cm³/mol. The summed E-state index contributed by atoms with van der Waals surface area (Å²) in [4.78, 5) is 53.2. The van der Waals surface area contributed by atoms with E-state index in [1.54, 1.807) is 69.3 Å². The SMILES string of the molecule is CCCS(=O)(=O)N(C)c1cccc(C(=O)N[C@@H](CC(C)C)[C@H](C[C@@H](C)C(=O)N[C@@H](C)C(=O)NCc2ccc(C(=O)OCc3ccccc3)cc2)O[Si](C)(C)C(C)(C)C)c1. The molecule has 3 aromatic rings. The highest BCUT2D eigenvalue weighted by Gasteiger charge is 2.42. The number of nitrogens with zero attached hydrogens (tertiary/aromatic N) is 1. The minimum atomic E-state index is -3.55. The fraction of sp³-hybridized carbons (Fsp3) is 0.511. The molecule has 324 valence electrons. The van der Waals surface area contributed by atoms with Gasteiger partial charge in [0.05, 0.1) is 29.1 Å². The molecule has 0 heterocycles. The van der Waals surface area contributed by atoms with Crippen molar-refractivity contribution < 1.29 is 36.8 Å². The third-order valence-corrected chi connectivity index (χ3v) is 17.2. The summed E-state index contributed by atoms with van der Waals surface area (Å²) in [5, 5.41) is 8.74. The lowest BCUT2D eigenvalue weighted by Gasteiger charge is -2.42. The molecule has 4 atom stereocenters. The van der Waals surface area contributed by atoms with Gasteiger partial charge in [-0.05, 0) is 91.7 Å². The first kappa shape index (κ1) is 48.8. The standard InChI is InChI=1S/C45H66N4O8SSi/c1-12-25-58(54,55)49(9)38-20-16-19-37(28-38)43(52)48-39(26-31(2)3)40(57-59(10,11)45(6,7)8)27-32(4)41(50)47-33(5)42(51)46-29-34-21-23-36(24-22-34)44(53)56-30-35-17-14-13-15-18-35/h13-24,28,31-33,39-40H,12,25-27,29-30H2,1-11H3,(H,46,51)(H,47,50)(H,48,52)/t32-,33+,39+,40+/m1/s1.